The van der Waals surface area contributed by atoms with Crippen LogP contribution < -0.4 is 0 Å². The molecule has 0 atom stereocenters. The molecule has 5 heteroatoms. The average molecular weight is 242 g/mol. The first-order valence-corrected chi connectivity index (χ1v) is 4.90. The molecule has 0 saturated heterocycles. The van der Waals surface area contributed by atoms with E-state index < -0.39 is 23.3 Å². The highest BCUT2D eigenvalue weighted by atomic mass is 19.3. The molecular weight excluding hydrogens is 236 g/mol. The Kier molecular flexibility index (Phi) is 1.85. The van der Waals surface area contributed by atoms with Gasteiger partial charge in [-0.05, 0) is 16.8 Å². The molecule has 88 valence electrons. The van der Waals surface area contributed by atoms with Crippen LogP contribution in [0, 0.1) is 0 Å². The van der Waals surface area contributed by atoms with Crippen molar-refractivity contribution < 1.29 is 22.3 Å². The van der Waals surface area contributed by atoms with E-state index in [9.17, 15) is 17.6 Å². The molecule has 0 bridgehead atoms. The fourth-order valence-electron chi connectivity index (χ4n) is 2.09. The van der Waals surface area contributed by atoms with Crippen LogP contribution in [-0.2, 0) is 17.0 Å². The molecule has 2 aromatic rings. The van der Waals surface area contributed by atoms with Crippen molar-refractivity contribution in [3.05, 3.63) is 47.5 Å². The summed E-state index contributed by atoms with van der Waals surface area (Å²) in [5, 5.41) is 0.569. The van der Waals surface area contributed by atoms with E-state index in [-0.39, 0.29) is 5.39 Å². The van der Waals surface area contributed by atoms with Crippen LogP contribution in [0.15, 0.2) is 36.4 Å². The normalized spacial score (nSPS) is 20.5. The fourth-order valence-corrected chi connectivity index (χ4v) is 2.09. The van der Waals surface area contributed by atoms with Gasteiger partial charge in [0.2, 0.25) is 0 Å². The first-order valence-electron chi connectivity index (χ1n) is 4.90. The van der Waals surface area contributed by atoms with Crippen LogP contribution in [0.5, 0.6) is 0 Å². The Balaban J connectivity index is 2.44. The maximum absolute atomic E-state index is 13.5. The van der Waals surface area contributed by atoms with Crippen molar-refractivity contribution in [2.45, 2.75) is 12.2 Å². The molecular formula is C12H6F4O. The maximum Gasteiger partial charge on any atom is 0.389 e. The number of ether oxygens (including phenoxy) is 1. The SMILES string of the molecule is FC1(F)OC(F)(F)c2c1ccc1ccccc21. The Morgan fingerprint density at radius 2 is 1.53 bits per heavy atom. The quantitative estimate of drug-likeness (QED) is 0.635. The van der Waals surface area contributed by atoms with Gasteiger partial charge in [0, 0.05) is 0 Å². The van der Waals surface area contributed by atoms with Gasteiger partial charge in [0.05, 0.1) is 11.1 Å². The van der Waals surface area contributed by atoms with Gasteiger partial charge in [-0.1, -0.05) is 30.3 Å². The molecule has 0 saturated carbocycles. The van der Waals surface area contributed by atoms with Gasteiger partial charge in [-0.25, -0.2) is 4.74 Å². The maximum atomic E-state index is 13.5. The van der Waals surface area contributed by atoms with Crippen molar-refractivity contribution in [1.29, 1.82) is 0 Å². The van der Waals surface area contributed by atoms with Crippen LogP contribution in [-0.4, -0.2) is 0 Å². The Labute approximate surface area is 93.6 Å². The second-order valence-electron chi connectivity index (χ2n) is 3.84. The zero-order valence-corrected chi connectivity index (χ0v) is 8.38. The third-order valence-electron chi connectivity index (χ3n) is 2.79. The number of hydrogen-bond donors (Lipinski definition) is 0. The zero-order valence-electron chi connectivity index (χ0n) is 8.38. The molecule has 0 radical (unpaired) electrons. The van der Waals surface area contributed by atoms with E-state index in [0.717, 1.165) is 6.07 Å². The van der Waals surface area contributed by atoms with E-state index in [4.69, 9.17) is 0 Å². The monoisotopic (exact) mass is 242 g/mol. The predicted octanol–water partition coefficient (Wildman–Crippen LogP) is 3.97. The summed E-state index contributed by atoms with van der Waals surface area (Å²) in [6, 6.07) is 8.51. The second kappa shape index (κ2) is 2.98. The van der Waals surface area contributed by atoms with E-state index in [1.165, 1.54) is 18.2 Å². The molecule has 1 aliphatic rings. The molecule has 0 spiro atoms. The molecule has 0 unspecified atom stereocenters. The van der Waals surface area contributed by atoms with Crippen molar-refractivity contribution in [2.24, 2.45) is 0 Å². The van der Waals surface area contributed by atoms with E-state index >= 15 is 0 Å². The van der Waals surface area contributed by atoms with E-state index in [2.05, 4.69) is 4.74 Å². The Morgan fingerprint density at radius 3 is 2.29 bits per heavy atom. The highest BCUT2D eigenvalue weighted by Crippen LogP contribution is 2.52. The summed E-state index contributed by atoms with van der Waals surface area (Å²) in [5.74, 6) is 0. The smallest absolute Gasteiger partial charge is 0.247 e. The summed E-state index contributed by atoms with van der Waals surface area (Å²) in [5.41, 5.74) is -1.50. The van der Waals surface area contributed by atoms with Crippen LogP contribution >= 0.6 is 0 Å². The van der Waals surface area contributed by atoms with Crippen LogP contribution in [0.3, 0.4) is 0 Å². The lowest BCUT2D eigenvalue weighted by Gasteiger charge is -2.11. The summed E-state index contributed by atoms with van der Waals surface area (Å²) in [7, 11) is 0. The van der Waals surface area contributed by atoms with Gasteiger partial charge in [0.1, 0.15) is 0 Å². The molecule has 2 aromatic carbocycles. The van der Waals surface area contributed by atoms with Gasteiger partial charge in [0.15, 0.2) is 0 Å². The molecule has 1 nitrogen and oxygen atoms in total. The van der Waals surface area contributed by atoms with Crippen LogP contribution in [0.4, 0.5) is 17.6 Å². The zero-order chi connectivity index (χ0) is 12.3. The lowest BCUT2D eigenvalue weighted by atomic mass is 9.99. The number of halogens is 4. The van der Waals surface area contributed by atoms with Crippen LogP contribution in [0.2, 0.25) is 0 Å². The highest BCUT2D eigenvalue weighted by molar-refractivity contribution is 5.87. The van der Waals surface area contributed by atoms with Gasteiger partial charge in [0.25, 0.3) is 0 Å². The molecule has 0 aromatic heterocycles. The largest absolute Gasteiger partial charge is 0.389 e. The van der Waals surface area contributed by atoms with Crippen molar-refractivity contribution >= 4 is 10.8 Å². The van der Waals surface area contributed by atoms with Gasteiger partial charge < -0.3 is 0 Å². The van der Waals surface area contributed by atoms with Crippen LogP contribution in [0.1, 0.15) is 11.1 Å². The molecule has 0 N–H and O–H groups in total. The summed E-state index contributed by atoms with van der Waals surface area (Å²) in [4.78, 5) is 0. The minimum atomic E-state index is -3.96. The van der Waals surface area contributed by atoms with Crippen molar-refractivity contribution in [3.63, 3.8) is 0 Å². The van der Waals surface area contributed by atoms with E-state index in [1.807, 2.05) is 0 Å². The van der Waals surface area contributed by atoms with Crippen molar-refractivity contribution in [3.8, 4) is 0 Å². The predicted molar refractivity (Wildman–Crippen MR) is 52.8 cm³/mol. The van der Waals surface area contributed by atoms with Gasteiger partial charge in [-0.3, -0.25) is 0 Å². The molecule has 1 heterocycles. The Hall–Kier alpha value is -1.62. The summed E-state index contributed by atoms with van der Waals surface area (Å²) in [6.07, 6.45) is -7.90. The number of hydrogen-bond acceptors (Lipinski definition) is 1. The molecule has 0 amide bonds. The molecule has 0 fully saturated rings. The van der Waals surface area contributed by atoms with Crippen LogP contribution in [0.25, 0.3) is 10.8 Å². The second-order valence-corrected chi connectivity index (χ2v) is 3.84. The molecule has 3 rings (SSSR count). The summed E-state index contributed by atoms with van der Waals surface area (Å²) < 4.78 is 57.0. The van der Waals surface area contributed by atoms with E-state index in [1.54, 1.807) is 12.1 Å². The first-order chi connectivity index (χ1) is 7.92. The lowest BCUT2D eigenvalue weighted by molar-refractivity contribution is -0.369. The minimum Gasteiger partial charge on any atom is -0.247 e. The van der Waals surface area contributed by atoms with Crippen molar-refractivity contribution in [1.82, 2.24) is 0 Å². The molecule has 0 aliphatic carbocycles. The number of fused-ring (bicyclic) bond motifs is 3. The standard InChI is InChI=1S/C12H6F4O/c13-11(14)9-6-5-7-3-1-2-4-8(7)10(9)12(15,16)17-11/h1-6H. The minimum absolute atomic E-state index is 0.0900. The average Bonchev–Trinajstić information content (AvgIpc) is 2.44. The van der Waals surface area contributed by atoms with Gasteiger partial charge >= 0.3 is 12.2 Å². The Bertz CT molecular complexity index is 606. The third-order valence-corrected chi connectivity index (χ3v) is 2.79. The first kappa shape index (κ1) is 10.5. The van der Waals surface area contributed by atoms with Crippen molar-refractivity contribution in [2.75, 3.05) is 0 Å². The molecule has 1 aliphatic heterocycles. The lowest BCUT2D eigenvalue weighted by Crippen LogP contribution is -2.17. The number of alkyl halides is 4. The number of benzene rings is 2. The number of rotatable bonds is 0. The van der Waals surface area contributed by atoms with Gasteiger partial charge in [-0.15, -0.1) is 0 Å². The van der Waals surface area contributed by atoms with Gasteiger partial charge in [-0.2, -0.15) is 17.6 Å². The third kappa shape index (κ3) is 1.35. The summed E-state index contributed by atoms with van der Waals surface area (Å²) >= 11 is 0. The summed E-state index contributed by atoms with van der Waals surface area (Å²) in [6.45, 7) is 0. The fraction of sp³-hybridized carbons (Fsp3) is 0.167. The Morgan fingerprint density at radius 1 is 0.824 bits per heavy atom. The highest BCUT2D eigenvalue weighted by Gasteiger charge is 2.57. The van der Waals surface area contributed by atoms with E-state index in [0.29, 0.717) is 5.39 Å². The molecule has 17 heavy (non-hydrogen) atoms. The topological polar surface area (TPSA) is 9.23 Å².